The summed E-state index contributed by atoms with van der Waals surface area (Å²) in [7, 11) is 0. The zero-order valence-electron chi connectivity index (χ0n) is 9.28. The molecule has 1 aromatic heterocycles. The Morgan fingerprint density at radius 1 is 1.53 bits per heavy atom. The predicted octanol–water partition coefficient (Wildman–Crippen LogP) is 2.85. The summed E-state index contributed by atoms with van der Waals surface area (Å²) in [5.41, 5.74) is -0.400. The lowest BCUT2D eigenvalue weighted by Crippen LogP contribution is -2.24. The molecule has 3 nitrogen and oxygen atoms in total. The Bertz CT molecular complexity index is 298. The van der Waals surface area contributed by atoms with E-state index in [1.165, 1.54) is 11.8 Å². The highest BCUT2D eigenvalue weighted by Gasteiger charge is 2.15. The van der Waals surface area contributed by atoms with Gasteiger partial charge in [-0.25, -0.2) is 0 Å². The van der Waals surface area contributed by atoms with E-state index in [0.717, 1.165) is 5.76 Å². The van der Waals surface area contributed by atoms with Crippen molar-refractivity contribution >= 4 is 17.7 Å². The van der Waals surface area contributed by atoms with Gasteiger partial charge in [-0.3, -0.25) is 4.79 Å². The molecule has 4 heteroatoms. The van der Waals surface area contributed by atoms with Gasteiger partial charge in [-0.1, -0.05) is 0 Å². The Hall–Kier alpha value is -0.900. The molecule has 84 valence electrons. The summed E-state index contributed by atoms with van der Waals surface area (Å²) in [4.78, 5) is 11.3. The summed E-state index contributed by atoms with van der Waals surface area (Å²) in [5, 5.41) is 0. The van der Waals surface area contributed by atoms with Gasteiger partial charge in [0.15, 0.2) is 0 Å². The van der Waals surface area contributed by atoms with E-state index in [4.69, 9.17) is 9.15 Å². The van der Waals surface area contributed by atoms with E-state index in [-0.39, 0.29) is 5.97 Å². The SMILES string of the molecule is CC(C)(C)OC(=O)CSCc1ccco1. The van der Waals surface area contributed by atoms with E-state index in [9.17, 15) is 4.79 Å². The monoisotopic (exact) mass is 228 g/mol. The van der Waals surface area contributed by atoms with Gasteiger partial charge in [0.2, 0.25) is 0 Å². The van der Waals surface area contributed by atoms with Gasteiger partial charge in [0.25, 0.3) is 0 Å². The fourth-order valence-electron chi connectivity index (χ4n) is 1.00. The number of thioether (sulfide) groups is 1. The summed E-state index contributed by atoms with van der Waals surface area (Å²) in [6, 6.07) is 3.73. The first-order chi connectivity index (χ1) is 6.97. The van der Waals surface area contributed by atoms with Gasteiger partial charge in [-0.15, -0.1) is 11.8 Å². The molecule has 0 N–H and O–H groups in total. The summed E-state index contributed by atoms with van der Waals surface area (Å²) in [6.45, 7) is 5.59. The van der Waals surface area contributed by atoms with E-state index >= 15 is 0 Å². The van der Waals surface area contributed by atoms with Crippen LogP contribution in [-0.2, 0) is 15.3 Å². The molecular weight excluding hydrogens is 212 g/mol. The Morgan fingerprint density at radius 3 is 2.80 bits per heavy atom. The number of furan rings is 1. The minimum atomic E-state index is -0.400. The van der Waals surface area contributed by atoms with E-state index in [0.29, 0.717) is 11.5 Å². The summed E-state index contributed by atoms with van der Waals surface area (Å²) >= 11 is 1.49. The molecule has 0 bridgehead atoms. The number of hydrogen-bond donors (Lipinski definition) is 0. The fraction of sp³-hybridized carbons (Fsp3) is 0.545. The van der Waals surface area contributed by atoms with Crippen LogP contribution in [0.25, 0.3) is 0 Å². The zero-order chi connectivity index (χ0) is 11.3. The standard InChI is InChI=1S/C11H16O3S/c1-11(2,3)14-10(12)8-15-7-9-5-4-6-13-9/h4-6H,7-8H2,1-3H3. The first-order valence-electron chi connectivity index (χ1n) is 4.79. The second kappa shape index (κ2) is 5.26. The first kappa shape index (κ1) is 12.2. The highest BCUT2D eigenvalue weighted by molar-refractivity contribution is 7.99. The van der Waals surface area contributed by atoms with Gasteiger partial charge in [0, 0.05) is 0 Å². The topological polar surface area (TPSA) is 39.4 Å². The lowest BCUT2D eigenvalue weighted by atomic mass is 10.2. The molecule has 0 aliphatic carbocycles. The molecule has 0 aromatic carbocycles. The molecule has 0 amide bonds. The molecule has 1 rings (SSSR count). The number of esters is 1. The highest BCUT2D eigenvalue weighted by atomic mass is 32.2. The molecule has 1 heterocycles. The number of ether oxygens (including phenoxy) is 1. The van der Waals surface area contributed by atoms with Crippen molar-refractivity contribution in [2.75, 3.05) is 5.75 Å². The number of carbonyl (C=O) groups excluding carboxylic acids is 1. The smallest absolute Gasteiger partial charge is 0.316 e. The average Bonchev–Trinajstić information content (AvgIpc) is 2.53. The maximum Gasteiger partial charge on any atom is 0.316 e. The van der Waals surface area contributed by atoms with Gasteiger partial charge in [-0.2, -0.15) is 0 Å². The van der Waals surface area contributed by atoms with Crippen molar-refractivity contribution in [2.45, 2.75) is 32.1 Å². The quantitative estimate of drug-likeness (QED) is 0.743. The van der Waals surface area contributed by atoms with Crippen LogP contribution >= 0.6 is 11.8 Å². The molecule has 0 unspecified atom stereocenters. The van der Waals surface area contributed by atoms with Crippen LogP contribution in [0.4, 0.5) is 0 Å². The van der Waals surface area contributed by atoms with E-state index in [2.05, 4.69) is 0 Å². The maximum absolute atomic E-state index is 11.3. The van der Waals surface area contributed by atoms with Crippen molar-refractivity contribution in [3.63, 3.8) is 0 Å². The summed E-state index contributed by atoms with van der Waals surface area (Å²) in [5.74, 6) is 1.76. The van der Waals surface area contributed by atoms with Gasteiger partial charge >= 0.3 is 5.97 Å². The molecule has 0 spiro atoms. The minimum Gasteiger partial charge on any atom is -0.468 e. The Labute approximate surface area is 94.2 Å². The van der Waals surface area contributed by atoms with E-state index in [1.54, 1.807) is 6.26 Å². The van der Waals surface area contributed by atoms with Crippen LogP contribution in [0.2, 0.25) is 0 Å². The third kappa shape index (κ3) is 5.52. The Kier molecular flexibility index (Phi) is 4.27. The number of carbonyl (C=O) groups is 1. The second-order valence-corrected chi connectivity index (χ2v) is 5.14. The van der Waals surface area contributed by atoms with Crippen LogP contribution in [0.15, 0.2) is 22.8 Å². The van der Waals surface area contributed by atoms with Crippen LogP contribution in [-0.4, -0.2) is 17.3 Å². The number of rotatable bonds is 4. The van der Waals surface area contributed by atoms with Gasteiger partial charge < -0.3 is 9.15 Å². The molecule has 0 aliphatic rings. The molecule has 1 aromatic rings. The summed E-state index contributed by atoms with van der Waals surface area (Å²) in [6.07, 6.45) is 1.63. The van der Waals surface area contributed by atoms with Crippen LogP contribution in [0.1, 0.15) is 26.5 Å². The van der Waals surface area contributed by atoms with Gasteiger partial charge in [0.05, 0.1) is 17.8 Å². The Morgan fingerprint density at radius 2 is 2.27 bits per heavy atom. The van der Waals surface area contributed by atoms with Crippen molar-refractivity contribution in [2.24, 2.45) is 0 Å². The highest BCUT2D eigenvalue weighted by Crippen LogP contribution is 2.14. The molecule has 0 saturated heterocycles. The van der Waals surface area contributed by atoms with Crippen molar-refractivity contribution in [1.29, 1.82) is 0 Å². The molecule has 0 radical (unpaired) electrons. The van der Waals surface area contributed by atoms with Crippen molar-refractivity contribution in [3.8, 4) is 0 Å². The largest absolute Gasteiger partial charge is 0.468 e. The van der Waals surface area contributed by atoms with Crippen LogP contribution in [0.5, 0.6) is 0 Å². The third-order valence-electron chi connectivity index (χ3n) is 1.46. The van der Waals surface area contributed by atoms with Gasteiger partial charge in [-0.05, 0) is 32.9 Å². The fourth-order valence-corrected chi connectivity index (χ4v) is 1.69. The normalized spacial score (nSPS) is 11.4. The molecule has 0 atom stereocenters. The molecule has 0 saturated carbocycles. The van der Waals surface area contributed by atoms with Crippen LogP contribution in [0, 0.1) is 0 Å². The van der Waals surface area contributed by atoms with Gasteiger partial charge in [0.1, 0.15) is 11.4 Å². The van der Waals surface area contributed by atoms with Crippen molar-refractivity contribution in [3.05, 3.63) is 24.2 Å². The predicted molar refractivity (Wildman–Crippen MR) is 60.7 cm³/mol. The summed E-state index contributed by atoms with van der Waals surface area (Å²) < 4.78 is 10.3. The van der Waals surface area contributed by atoms with E-state index in [1.807, 2.05) is 32.9 Å². The van der Waals surface area contributed by atoms with E-state index < -0.39 is 5.60 Å². The average molecular weight is 228 g/mol. The minimum absolute atomic E-state index is 0.181. The lowest BCUT2D eigenvalue weighted by Gasteiger charge is -2.19. The molecule has 0 fully saturated rings. The Balaban J connectivity index is 2.18. The third-order valence-corrected chi connectivity index (χ3v) is 2.39. The maximum atomic E-state index is 11.3. The molecule has 15 heavy (non-hydrogen) atoms. The van der Waals surface area contributed by atoms with Crippen molar-refractivity contribution in [1.82, 2.24) is 0 Å². The molecular formula is C11H16O3S. The van der Waals surface area contributed by atoms with Crippen LogP contribution < -0.4 is 0 Å². The zero-order valence-corrected chi connectivity index (χ0v) is 10.1. The van der Waals surface area contributed by atoms with Crippen molar-refractivity contribution < 1.29 is 13.9 Å². The molecule has 0 aliphatic heterocycles. The number of hydrogen-bond acceptors (Lipinski definition) is 4. The second-order valence-electron chi connectivity index (χ2n) is 4.16. The lowest BCUT2D eigenvalue weighted by molar-refractivity contribution is -0.151. The van der Waals surface area contributed by atoms with Crippen LogP contribution in [0.3, 0.4) is 0 Å². The first-order valence-corrected chi connectivity index (χ1v) is 5.95.